The highest BCUT2D eigenvalue weighted by molar-refractivity contribution is 6.01. The minimum Gasteiger partial charge on any atom is -0.544 e. The van der Waals surface area contributed by atoms with Gasteiger partial charge in [-0.3, -0.25) is 24.1 Å². The number of aliphatic hydroxyl groups excluding tert-OH is 2. The Labute approximate surface area is 275 Å². The Morgan fingerprint density at radius 1 is 0.851 bits per heavy atom. The van der Waals surface area contributed by atoms with Crippen molar-refractivity contribution in [2.45, 2.75) is 59.5 Å². The third kappa shape index (κ3) is 32.4. The number of quaternary nitrogens is 1. The molecule has 47 heavy (non-hydrogen) atoms. The van der Waals surface area contributed by atoms with E-state index in [4.69, 9.17) is 34.3 Å². The van der Waals surface area contributed by atoms with Crippen LogP contribution in [0.5, 0.6) is 0 Å². The molecule has 0 spiro atoms. The number of nitrogens with one attached hydrogen (secondary N) is 1. The smallest absolute Gasteiger partial charge is 0.358 e. The molecule has 7 N–H and O–H groups in total. The van der Waals surface area contributed by atoms with Gasteiger partial charge in [-0.05, 0) is 34.2 Å². The highest BCUT2D eigenvalue weighted by Crippen LogP contribution is 2.11. The number of ether oxygens (including phenoxy) is 4. The second-order valence-electron chi connectivity index (χ2n) is 9.63. The summed E-state index contributed by atoms with van der Waals surface area (Å²) in [5, 5.41) is 36.8. The summed E-state index contributed by atoms with van der Waals surface area (Å²) in [7, 11) is 0. The van der Waals surface area contributed by atoms with Gasteiger partial charge < -0.3 is 60.1 Å². The first kappa shape index (κ1) is 48.1. The first-order valence-electron chi connectivity index (χ1n) is 15.0. The van der Waals surface area contributed by atoms with Crippen molar-refractivity contribution in [3.8, 4) is 0 Å². The third-order valence-corrected chi connectivity index (χ3v) is 5.20. The SMILES string of the molecule is CCN(C(C)C)C(C)C.O=C(COCCOCCO)ON1C(=O)CCC1=O.O=C(O)CNC(=O)COCCOCCO.[NH3+]CC(=O)[O-]. The second kappa shape index (κ2) is 32.6. The minimum atomic E-state index is -1.11. The summed E-state index contributed by atoms with van der Waals surface area (Å²) in [6.07, 6.45) is 0.115. The predicted octanol–water partition coefficient (Wildman–Crippen LogP) is -4.06. The van der Waals surface area contributed by atoms with Crippen LogP contribution < -0.4 is 16.2 Å². The minimum absolute atomic E-state index is 0.0565. The fraction of sp³-hybridized carbons (Fsp3) is 0.786. The Morgan fingerprint density at radius 2 is 1.28 bits per heavy atom. The average Bonchev–Trinajstić information content (AvgIpc) is 3.32. The summed E-state index contributed by atoms with van der Waals surface area (Å²) in [6.45, 7) is 12.4. The number of hydrogen-bond donors (Lipinski definition) is 5. The van der Waals surface area contributed by atoms with Gasteiger partial charge in [0.15, 0.2) is 0 Å². The number of hydrogen-bond acceptors (Lipinski definition) is 15. The first-order chi connectivity index (χ1) is 22.2. The number of amides is 3. The van der Waals surface area contributed by atoms with Gasteiger partial charge >= 0.3 is 11.9 Å². The summed E-state index contributed by atoms with van der Waals surface area (Å²) in [4.78, 5) is 70.5. The number of hydroxylamine groups is 2. The average molecular weight is 687 g/mol. The van der Waals surface area contributed by atoms with Gasteiger partial charge in [-0.25, -0.2) is 4.79 Å². The lowest BCUT2D eigenvalue weighted by atomic mass is 10.2. The highest BCUT2D eigenvalue weighted by Gasteiger charge is 2.32. The van der Waals surface area contributed by atoms with Gasteiger partial charge in [0.05, 0.1) is 58.8 Å². The van der Waals surface area contributed by atoms with Gasteiger partial charge in [0.25, 0.3) is 11.8 Å². The number of aliphatic carboxylic acids is 2. The standard InChI is InChI=1S/C10H15NO7.C8H15NO6.C8H19N.C2H5NO2/c12-3-4-16-5-6-17-7-10(15)18-11-8(13)1-2-9(11)14;10-1-2-14-3-4-15-6-7(11)9-5-8(12)13;1-6-9(7(2)3)8(4)5;3-1-2(4)5/h12H,1-7H2;10H,1-6H2,(H,9,11)(H,12,13);7-8H,6H2,1-5H3;1,3H2,(H,4,5). The quantitative estimate of drug-likeness (QED) is 0.0567. The van der Waals surface area contributed by atoms with Gasteiger partial charge in [-0.15, -0.1) is 5.06 Å². The number of aliphatic hydroxyl groups is 2. The second-order valence-corrected chi connectivity index (χ2v) is 9.63. The van der Waals surface area contributed by atoms with E-state index in [0.29, 0.717) is 17.1 Å². The Bertz CT molecular complexity index is 851. The Hall–Kier alpha value is -3.30. The van der Waals surface area contributed by atoms with Crippen LogP contribution >= 0.6 is 0 Å². The molecule has 276 valence electrons. The molecule has 3 amide bonds. The van der Waals surface area contributed by atoms with Crippen LogP contribution in [0.3, 0.4) is 0 Å². The van der Waals surface area contributed by atoms with Crippen LogP contribution in [0.2, 0.25) is 0 Å². The van der Waals surface area contributed by atoms with E-state index in [2.05, 4.69) is 55.4 Å². The lowest BCUT2D eigenvalue weighted by molar-refractivity contribution is -0.396. The Morgan fingerprint density at radius 3 is 1.62 bits per heavy atom. The van der Waals surface area contributed by atoms with Gasteiger partial charge in [-0.1, -0.05) is 6.92 Å². The van der Waals surface area contributed by atoms with Crippen LogP contribution in [0.15, 0.2) is 0 Å². The molecule has 0 aliphatic carbocycles. The van der Waals surface area contributed by atoms with E-state index in [1.807, 2.05) is 0 Å². The van der Waals surface area contributed by atoms with Gasteiger partial charge in [0.2, 0.25) is 5.91 Å². The molecule has 1 heterocycles. The van der Waals surface area contributed by atoms with Crippen molar-refractivity contribution in [1.29, 1.82) is 0 Å². The zero-order chi connectivity index (χ0) is 36.6. The number of carbonyl (C=O) groups excluding carboxylic acids is 5. The van der Waals surface area contributed by atoms with E-state index in [1.54, 1.807) is 0 Å². The van der Waals surface area contributed by atoms with Crippen molar-refractivity contribution < 1.29 is 78.7 Å². The molecule has 0 aromatic rings. The molecule has 0 aromatic heterocycles. The molecule has 1 fully saturated rings. The molecule has 19 heteroatoms. The van der Waals surface area contributed by atoms with Crippen LogP contribution in [0, 0.1) is 0 Å². The van der Waals surface area contributed by atoms with Crippen LogP contribution in [0.1, 0.15) is 47.5 Å². The van der Waals surface area contributed by atoms with E-state index < -0.39 is 42.2 Å². The maximum absolute atomic E-state index is 11.2. The predicted molar refractivity (Wildman–Crippen MR) is 161 cm³/mol. The number of carboxylic acids is 2. The molecule has 0 saturated carbocycles. The zero-order valence-electron chi connectivity index (χ0n) is 28.1. The fourth-order valence-corrected chi connectivity index (χ4v) is 3.23. The van der Waals surface area contributed by atoms with Crippen LogP contribution in [0.4, 0.5) is 0 Å². The lowest BCUT2D eigenvalue weighted by Gasteiger charge is -2.28. The molecule has 19 nitrogen and oxygen atoms in total. The maximum atomic E-state index is 11.2. The maximum Gasteiger partial charge on any atom is 0.358 e. The van der Waals surface area contributed by atoms with E-state index in [9.17, 15) is 33.9 Å². The van der Waals surface area contributed by atoms with Crippen molar-refractivity contribution in [2.24, 2.45) is 0 Å². The molecule has 1 aliphatic rings. The highest BCUT2D eigenvalue weighted by atomic mass is 16.7. The normalized spacial score (nSPS) is 12.1. The molecule has 0 atom stereocenters. The first-order valence-corrected chi connectivity index (χ1v) is 15.0. The van der Waals surface area contributed by atoms with Crippen LogP contribution in [-0.2, 0) is 52.6 Å². The van der Waals surface area contributed by atoms with Gasteiger partial charge in [0, 0.05) is 24.9 Å². The number of nitrogens with zero attached hydrogens (tertiary/aromatic N) is 2. The van der Waals surface area contributed by atoms with E-state index in [1.165, 1.54) is 0 Å². The summed E-state index contributed by atoms with van der Waals surface area (Å²) in [5.74, 6) is -4.57. The summed E-state index contributed by atoms with van der Waals surface area (Å²) in [6, 6.07) is 1.38. The number of rotatable bonds is 21. The number of imide groups is 1. The van der Waals surface area contributed by atoms with E-state index in [0.717, 1.165) is 6.54 Å². The summed E-state index contributed by atoms with van der Waals surface area (Å²) >= 11 is 0. The Kier molecular flexibility index (Phi) is 33.4. The molecule has 1 aliphatic heterocycles. The summed E-state index contributed by atoms with van der Waals surface area (Å²) in [5.41, 5.74) is 3.02. The van der Waals surface area contributed by atoms with Crippen molar-refractivity contribution >= 4 is 35.6 Å². The topological polar surface area (TPSA) is 278 Å². The number of carbonyl (C=O) groups is 6. The number of carboxylic acid groups (broad SMARTS) is 2. The van der Waals surface area contributed by atoms with Crippen molar-refractivity contribution in [3.05, 3.63) is 0 Å². The molecule has 1 rings (SSSR count). The molecule has 0 bridgehead atoms. The van der Waals surface area contributed by atoms with Gasteiger partial charge in [0.1, 0.15) is 26.3 Å². The Balaban J connectivity index is -0.000000600. The largest absolute Gasteiger partial charge is 0.544 e. The van der Waals surface area contributed by atoms with Crippen molar-refractivity contribution in [1.82, 2.24) is 15.3 Å². The van der Waals surface area contributed by atoms with Gasteiger partial charge in [-0.2, -0.15) is 0 Å². The van der Waals surface area contributed by atoms with E-state index >= 15 is 0 Å². The molecule has 0 aromatic carbocycles. The monoisotopic (exact) mass is 686 g/mol. The zero-order valence-corrected chi connectivity index (χ0v) is 28.1. The molecule has 1 saturated heterocycles. The van der Waals surface area contributed by atoms with Crippen LogP contribution in [0.25, 0.3) is 0 Å². The van der Waals surface area contributed by atoms with Crippen molar-refractivity contribution in [3.63, 3.8) is 0 Å². The fourth-order valence-electron chi connectivity index (χ4n) is 3.23. The van der Waals surface area contributed by atoms with Crippen molar-refractivity contribution in [2.75, 3.05) is 85.7 Å². The van der Waals surface area contributed by atoms with Crippen LogP contribution in [-0.4, -0.2) is 159 Å². The molecular weight excluding hydrogens is 632 g/mol. The molecular formula is C28H54N4O15. The lowest BCUT2D eigenvalue weighted by Crippen LogP contribution is -2.58. The molecule has 0 unspecified atom stereocenters. The van der Waals surface area contributed by atoms with E-state index in [-0.39, 0.29) is 85.5 Å². The third-order valence-electron chi connectivity index (χ3n) is 5.20. The molecule has 0 radical (unpaired) electrons. The summed E-state index contributed by atoms with van der Waals surface area (Å²) < 4.78 is 19.5.